The molecule has 0 bridgehead atoms. The van der Waals surface area contributed by atoms with Crippen LogP contribution in [0.5, 0.6) is 17.2 Å². The molecule has 54 heavy (non-hydrogen) atoms. The zero-order valence-corrected chi connectivity index (χ0v) is 34.7. The summed E-state index contributed by atoms with van der Waals surface area (Å²) in [4.78, 5) is 4.83. The van der Waals surface area contributed by atoms with Crippen molar-refractivity contribution in [3.05, 3.63) is 88.0 Å². The minimum atomic E-state index is -2.70. The van der Waals surface area contributed by atoms with Crippen molar-refractivity contribution >= 4 is 6.21 Å². The normalized spacial score (nSPS) is 13.2. The van der Waals surface area contributed by atoms with E-state index in [4.69, 9.17) is 14.5 Å². The summed E-state index contributed by atoms with van der Waals surface area (Å²) in [5, 5.41) is 24.2. The first kappa shape index (κ1) is 44.9. The molecular formula is C47H69F2NO4. The molecule has 0 aliphatic heterocycles. The van der Waals surface area contributed by atoms with Crippen LogP contribution >= 0.6 is 0 Å². The van der Waals surface area contributed by atoms with Crippen LogP contribution < -0.4 is 9.47 Å². The topological polar surface area (TPSA) is 71.3 Å². The van der Waals surface area contributed by atoms with Gasteiger partial charge in [-0.2, -0.15) is 0 Å². The first-order valence-electron chi connectivity index (χ1n) is 20.5. The van der Waals surface area contributed by atoms with Gasteiger partial charge in [-0.25, -0.2) is 8.78 Å². The fraction of sp³-hybridized carbons (Fsp3) is 0.596. The van der Waals surface area contributed by atoms with Crippen LogP contribution in [0.15, 0.2) is 59.6 Å². The van der Waals surface area contributed by atoms with Crippen LogP contribution in [0.3, 0.4) is 0 Å². The van der Waals surface area contributed by atoms with Crippen molar-refractivity contribution in [3.63, 3.8) is 0 Å². The Kier molecular flexibility index (Phi) is 17.5. The lowest BCUT2D eigenvalue weighted by molar-refractivity contribution is 0.0519. The van der Waals surface area contributed by atoms with E-state index in [0.717, 1.165) is 49.7 Å². The van der Waals surface area contributed by atoms with Gasteiger partial charge >= 0.3 is 0 Å². The molecule has 1 atom stereocenters. The number of phenolic OH excluding ortho intramolecular Hbond substituents is 1. The number of hydrogen-bond acceptors (Lipinski definition) is 5. The van der Waals surface area contributed by atoms with Gasteiger partial charge in [0, 0.05) is 28.5 Å². The summed E-state index contributed by atoms with van der Waals surface area (Å²) in [5.41, 5.74) is 0.806. The molecule has 0 aliphatic rings. The lowest BCUT2D eigenvalue weighted by atomic mass is 9.75. The van der Waals surface area contributed by atoms with Crippen LogP contribution in [0.4, 0.5) is 8.78 Å². The molecule has 0 aromatic heterocycles. The third-order valence-corrected chi connectivity index (χ3v) is 10.4. The highest BCUT2D eigenvalue weighted by Crippen LogP contribution is 2.46. The van der Waals surface area contributed by atoms with Gasteiger partial charge in [-0.05, 0) is 84.2 Å². The van der Waals surface area contributed by atoms with Crippen molar-refractivity contribution in [1.82, 2.24) is 0 Å². The van der Waals surface area contributed by atoms with Crippen LogP contribution in [0, 0.1) is 0 Å². The van der Waals surface area contributed by atoms with Crippen molar-refractivity contribution in [3.8, 4) is 17.2 Å². The molecule has 0 saturated carbocycles. The highest BCUT2D eigenvalue weighted by molar-refractivity contribution is 5.84. The lowest BCUT2D eigenvalue weighted by Gasteiger charge is -2.37. The average Bonchev–Trinajstić information content (AvgIpc) is 3.12. The molecule has 3 aromatic rings. The molecule has 0 heterocycles. The van der Waals surface area contributed by atoms with E-state index in [-0.39, 0.29) is 27.7 Å². The van der Waals surface area contributed by atoms with Crippen molar-refractivity contribution < 1.29 is 28.5 Å². The number of aliphatic hydroxyl groups is 1. The number of alkyl halides is 2. The maximum Gasteiger partial charge on any atom is 0.263 e. The standard InChI is InChI=1S/C47H69F2NO4/c1-10-12-14-16-18-20-28-53-42-26-23-37(45(4,5)6)31-39(42)47(52,34(3)50-33-36-30-35(44(48)49)22-25-41(36)51)40-32-38(46(7,8)9)24-27-43(40)54-29-21-19-17-15-13-11-2/h22-27,30-34,44,51-52H,10-21,28-29H2,1-9H3. The Morgan fingerprint density at radius 1 is 0.648 bits per heavy atom. The third-order valence-electron chi connectivity index (χ3n) is 10.4. The second kappa shape index (κ2) is 21.0. The number of ether oxygens (including phenoxy) is 2. The van der Waals surface area contributed by atoms with E-state index in [0.29, 0.717) is 35.8 Å². The van der Waals surface area contributed by atoms with Crippen LogP contribution in [-0.2, 0) is 16.4 Å². The smallest absolute Gasteiger partial charge is 0.263 e. The van der Waals surface area contributed by atoms with E-state index in [2.05, 4.69) is 67.5 Å². The highest BCUT2D eigenvalue weighted by atomic mass is 19.3. The van der Waals surface area contributed by atoms with Crippen LogP contribution in [-0.4, -0.2) is 35.7 Å². The largest absolute Gasteiger partial charge is 0.507 e. The Labute approximate surface area is 325 Å². The number of aromatic hydroxyl groups is 1. The molecule has 5 nitrogen and oxygen atoms in total. The third kappa shape index (κ3) is 12.8. The fourth-order valence-electron chi connectivity index (χ4n) is 6.68. The number of nitrogens with zero attached hydrogens (tertiary/aromatic N) is 1. The number of rotatable bonds is 22. The van der Waals surface area contributed by atoms with E-state index in [1.54, 1.807) is 0 Å². The van der Waals surface area contributed by atoms with Gasteiger partial charge in [-0.3, -0.25) is 4.99 Å². The van der Waals surface area contributed by atoms with Crippen LogP contribution in [0.2, 0.25) is 0 Å². The van der Waals surface area contributed by atoms with Gasteiger partial charge in [0.25, 0.3) is 6.43 Å². The van der Waals surface area contributed by atoms with Crippen molar-refractivity contribution in [2.45, 2.75) is 168 Å². The molecule has 2 N–H and O–H groups in total. The van der Waals surface area contributed by atoms with E-state index in [1.165, 1.54) is 62.9 Å². The summed E-state index contributed by atoms with van der Waals surface area (Å²) in [6.45, 7) is 20.1. The predicted molar refractivity (Wildman–Crippen MR) is 221 cm³/mol. The molecule has 1 unspecified atom stereocenters. The first-order valence-corrected chi connectivity index (χ1v) is 20.5. The zero-order chi connectivity index (χ0) is 39.9. The second-order valence-corrected chi connectivity index (χ2v) is 17.0. The van der Waals surface area contributed by atoms with Crippen LogP contribution in [0.25, 0.3) is 0 Å². The number of halogens is 2. The molecule has 3 rings (SSSR count). The molecule has 0 radical (unpaired) electrons. The van der Waals surface area contributed by atoms with Gasteiger partial charge in [0.1, 0.15) is 22.8 Å². The quantitative estimate of drug-likeness (QED) is 0.0792. The Morgan fingerprint density at radius 3 is 1.52 bits per heavy atom. The molecule has 0 aliphatic carbocycles. The summed E-state index contributed by atoms with van der Waals surface area (Å²) < 4.78 is 40.5. The number of unbranched alkanes of at least 4 members (excludes halogenated alkanes) is 10. The van der Waals surface area contributed by atoms with Gasteiger partial charge in [-0.15, -0.1) is 0 Å². The van der Waals surface area contributed by atoms with E-state index in [9.17, 15) is 19.0 Å². The summed E-state index contributed by atoms with van der Waals surface area (Å²) in [6.07, 6.45) is 12.1. The minimum Gasteiger partial charge on any atom is -0.507 e. The minimum absolute atomic E-state index is 0.146. The second-order valence-electron chi connectivity index (χ2n) is 17.0. The molecule has 300 valence electrons. The maximum atomic E-state index is 13.7. The Bertz CT molecular complexity index is 1520. The SMILES string of the molecule is CCCCCCCCOc1ccc(C(C)(C)C)cc1C(O)(c1cc(C(C)(C)C)ccc1OCCCCCCCC)C(C)N=Cc1cc(C(F)F)ccc1O. The lowest BCUT2D eigenvalue weighted by Crippen LogP contribution is -2.39. The van der Waals surface area contributed by atoms with Gasteiger partial charge in [-0.1, -0.05) is 132 Å². The number of aliphatic imine (C=N–C) groups is 1. The summed E-state index contributed by atoms with van der Waals surface area (Å²) in [6, 6.07) is 14.9. The Balaban J connectivity index is 2.24. The molecule has 7 heteroatoms. The highest BCUT2D eigenvalue weighted by Gasteiger charge is 2.43. The van der Waals surface area contributed by atoms with Crippen molar-refractivity contribution in [2.75, 3.05) is 13.2 Å². The first-order chi connectivity index (χ1) is 25.5. The van der Waals surface area contributed by atoms with E-state index >= 15 is 0 Å². The monoisotopic (exact) mass is 750 g/mol. The predicted octanol–water partition coefficient (Wildman–Crippen LogP) is 13.1. The van der Waals surface area contributed by atoms with E-state index < -0.39 is 18.1 Å². The van der Waals surface area contributed by atoms with E-state index in [1.807, 2.05) is 31.2 Å². The van der Waals surface area contributed by atoms with Gasteiger partial charge in [0.2, 0.25) is 0 Å². The summed E-state index contributed by atoms with van der Waals surface area (Å²) in [5.74, 6) is 0.952. The van der Waals surface area contributed by atoms with Gasteiger partial charge < -0.3 is 19.7 Å². The van der Waals surface area contributed by atoms with Crippen molar-refractivity contribution in [2.24, 2.45) is 4.99 Å². The van der Waals surface area contributed by atoms with Gasteiger partial charge in [0.05, 0.1) is 19.3 Å². The van der Waals surface area contributed by atoms with Crippen molar-refractivity contribution in [1.29, 1.82) is 0 Å². The molecule has 0 spiro atoms. The number of benzene rings is 3. The molecule has 3 aromatic carbocycles. The Hall–Kier alpha value is -3.45. The van der Waals surface area contributed by atoms with Crippen LogP contribution in [0.1, 0.15) is 179 Å². The molecule has 0 amide bonds. The zero-order valence-electron chi connectivity index (χ0n) is 34.7. The fourth-order valence-corrected chi connectivity index (χ4v) is 6.68. The number of hydrogen-bond donors (Lipinski definition) is 2. The molecule has 0 saturated heterocycles. The maximum absolute atomic E-state index is 13.7. The molecule has 0 fully saturated rings. The molecular weight excluding hydrogens is 681 g/mol. The summed E-state index contributed by atoms with van der Waals surface area (Å²) in [7, 11) is 0. The Morgan fingerprint density at radius 2 is 1.09 bits per heavy atom. The average molecular weight is 750 g/mol. The number of phenols is 1. The summed E-state index contributed by atoms with van der Waals surface area (Å²) >= 11 is 0. The van der Waals surface area contributed by atoms with Gasteiger partial charge in [0.15, 0.2) is 0 Å².